The van der Waals surface area contributed by atoms with Crippen LogP contribution in [0.15, 0.2) is 10.6 Å². The van der Waals surface area contributed by atoms with E-state index in [2.05, 4.69) is 17.4 Å². The average Bonchev–Trinajstić information content (AvgIpc) is 3.08. The van der Waals surface area contributed by atoms with E-state index in [1.54, 1.807) is 25.0 Å². The minimum absolute atomic E-state index is 0.00789. The SMILES string of the molecule is CCCCCCCCCCCC(=O)N(CCOC)CC(=O)Nc1cc(C)on1. The zero-order valence-corrected chi connectivity index (χ0v) is 17.8. The molecule has 0 fully saturated rings. The molecular weight excluding hydrogens is 358 g/mol. The molecule has 0 radical (unpaired) electrons. The van der Waals surface area contributed by atoms with Crippen LogP contribution in [-0.2, 0) is 14.3 Å². The molecule has 0 aliphatic carbocycles. The number of aromatic nitrogens is 1. The molecule has 1 rings (SSSR count). The molecule has 0 atom stereocenters. The van der Waals surface area contributed by atoms with Crippen molar-refractivity contribution in [3.8, 4) is 0 Å². The van der Waals surface area contributed by atoms with Crippen LogP contribution in [-0.4, -0.2) is 48.7 Å². The third-order valence-corrected chi connectivity index (χ3v) is 4.64. The normalized spacial score (nSPS) is 10.8. The first-order chi connectivity index (χ1) is 13.6. The van der Waals surface area contributed by atoms with E-state index in [0.717, 1.165) is 12.8 Å². The summed E-state index contributed by atoms with van der Waals surface area (Å²) in [6.45, 7) is 4.78. The van der Waals surface area contributed by atoms with Gasteiger partial charge in [0.15, 0.2) is 5.82 Å². The second-order valence-corrected chi connectivity index (χ2v) is 7.26. The number of carbonyl (C=O) groups is 2. The van der Waals surface area contributed by atoms with Crippen LogP contribution in [0.4, 0.5) is 5.82 Å². The first-order valence-electron chi connectivity index (χ1n) is 10.6. The second-order valence-electron chi connectivity index (χ2n) is 7.26. The van der Waals surface area contributed by atoms with E-state index in [9.17, 15) is 9.59 Å². The summed E-state index contributed by atoms with van der Waals surface area (Å²) in [5.41, 5.74) is 0. The minimum Gasteiger partial charge on any atom is -0.383 e. The number of anilines is 1. The van der Waals surface area contributed by atoms with Crippen molar-refractivity contribution in [3.05, 3.63) is 11.8 Å². The number of hydrogen-bond donors (Lipinski definition) is 1. The van der Waals surface area contributed by atoms with Crippen molar-refractivity contribution < 1.29 is 18.8 Å². The van der Waals surface area contributed by atoms with Crippen molar-refractivity contribution in [2.24, 2.45) is 0 Å². The lowest BCUT2D eigenvalue weighted by atomic mass is 10.1. The van der Waals surface area contributed by atoms with Crippen LogP contribution < -0.4 is 5.32 Å². The highest BCUT2D eigenvalue weighted by atomic mass is 16.5. The van der Waals surface area contributed by atoms with Gasteiger partial charge in [-0.3, -0.25) is 9.59 Å². The Morgan fingerprint density at radius 1 is 1.11 bits per heavy atom. The molecule has 1 aromatic heterocycles. The van der Waals surface area contributed by atoms with Gasteiger partial charge in [-0.15, -0.1) is 0 Å². The van der Waals surface area contributed by atoms with Gasteiger partial charge in [0.25, 0.3) is 0 Å². The maximum atomic E-state index is 12.5. The number of aryl methyl sites for hydroxylation is 1. The molecule has 0 saturated carbocycles. The number of ether oxygens (including phenoxy) is 1. The third kappa shape index (κ3) is 11.1. The van der Waals surface area contributed by atoms with Gasteiger partial charge in [-0.1, -0.05) is 63.4 Å². The molecule has 28 heavy (non-hydrogen) atoms. The third-order valence-electron chi connectivity index (χ3n) is 4.64. The van der Waals surface area contributed by atoms with Gasteiger partial charge in [-0.05, 0) is 13.3 Å². The summed E-state index contributed by atoms with van der Waals surface area (Å²) in [4.78, 5) is 26.3. The summed E-state index contributed by atoms with van der Waals surface area (Å²) in [5, 5.41) is 6.39. The number of carbonyl (C=O) groups excluding carboxylic acids is 2. The Bertz CT molecular complexity index is 560. The molecule has 0 aliphatic heterocycles. The van der Waals surface area contributed by atoms with E-state index < -0.39 is 0 Å². The summed E-state index contributed by atoms with van der Waals surface area (Å²) in [7, 11) is 1.58. The van der Waals surface area contributed by atoms with E-state index in [1.807, 2.05) is 0 Å². The van der Waals surface area contributed by atoms with E-state index >= 15 is 0 Å². The van der Waals surface area contributed by atoms with Gasteiger partial charge < -0.3 is 19.5 Å². The summed E-state index contributed by atoms with van der Waals surface area (Å²) in [5.74, 6) is 0.685. The highest BCUT2D eigenvalue weighted by molar-refractivity contribution is 5.93. The first-order valence-corrected chi connectivity index (χ1v) is 10.6. The van der Waals surface area contributed by atoms with E-state index in [0.29, 0.717) is 31.2 Å². The molecule has 0 unspecified atom stereocenters. The van der Waals surface area contributed by atoms with Crippen LogP contribution in [0.1, 0.15) is 76.9 Å². The molecule has 1 aromatic rings. The zero-order valence-electron chi connectivity index (χ0n) is 17.8. The summed E-state index contributed by atoms with van der Waals surface area (Å²) in [6.07, 6.45) is 11.3. The van der Waals surface area contributed by atoms with Gasteiger partial charge in [-0.25, -0.2) is 0 Å². The zero-order chi connectivity index (χ0) is 20.6. The molecule has 160 valence electrons. The predicted octanol–water partition coefficient (Wildman–Crippen LogP) is 4.32. The number of hydrogen-bond acceptors (Lipinski definition) is 5. The average molecular weight is 396 g/mol. The lowest BCUT2D eigenvalue weighted by Crippen LogP contribution is -2.39. The van der Waals surface area contributed by atoms with Crippen LogP contribution in [0.5, 0.6) is 0 Å². The molecule has 2 amide bonds. The topological polar surface area (TPSA) is 84.7 Å². The van der Waals surface area contributed by atoms with E-state index in [1.165, 1.54) is 44.9 Å². The molecule has 0 aromatic carbocycles. The van der Waals surface area contributed by atoms with Crippen LogP contribution in [0.2, 0.25) is 0 Å². The lowest BCUT2D eigenvalue weighted by Gasteiger charge is -2.21. The molecule has 7 heteroatoms. The van der Waals surface area contributed by atoms with Crippen LogP contribution in [0.3, 0.4) is 0 Å². The van der Waals surface area contributed by atoms with Crippen molar-refractivity contribution in [1.29, 1.82) is 0 Å². The van der Waals surface area contributed by atoms with Crippen LogP contribution in [0.25, 0.3) is 0 Å². The Kier molecular flexibility index (Phi) is 13.0. The molecular formula is C21H37N3O4. The Morgan fingerprint density at radius 2 is 1.75 bits per heavy atom. The molecule has 1 heterocycles. The number of unbranched alkanes of at least 4 members (excludes halogenated alkanes) is 8. The van der Waals surface area contributed by atoms with Crippen molar-refractivity contribution in [2.75, 3.05) is 32.1 Å². The van der Waals surface area contributed by atoms with Gasteiger partial charge in [-0.2, -0.15) is 0 Å². The fraction of sp³-hybridized carbons (Fsp3) is 0.762. The maximum absolute atomic E-state index is 12.5. The summed E-state index contributed by atoms with van der Waals surface area (Å²) >= 11 is 0. The van der Waals surface area contributed by atoms with Gasteiger partial charge in [0.2, 0.25) is 11.8 Å². The number of rotatable bonds is 16. The van der Waals surface area contributed by atoms with Crippen LogP contribution in [0, 0.1) is 6.92 Å². The highest BCUT2D eigenvalue weighted by Crippen LogP contribution is 2.12. The Morgan fingerprint density at radius 3 is 2.32 bits per heavy atom. The molecule has 0 saturated heterocycles. The van der Waals surface area contributed by atoms with E-state index in [-0.39, 0.29) is 18.4 Å². The maximum Gasteiger partial charge on any atom is 0.245 e. The highest BCUT2D eigenvalue weighted by Gasteiger charge is 2.17. The fourth-order valence-electron chi connectivity index (χ4n) is 3.02. The largest absolute Gasteiger partial charge is 0.383 e. The molecule has 0 bridgehead atoms. The van der Waals surface area contributed by atoms with Gasteiger partial charge in [0, 0.05) is 26.1 Å². The van der Waals surface area contributed by atoms with Crippen molar-refractivity contribution in [1.82, 2.24) is 10.1 Å². The number of amides is 2. The quantitative estimate of drug-likeness (QED) is 0.421. The monoisotopic (exact) mass is 395 g/mol. The van der Waals surface area contributed by atoms with Gasteiger partial charge in [0.05, 0.1) is 13.2 Å². The minimum atomic E-state index is -0.287. The van der Waals surface area contributed by atoms with Crippen LogP contribution >= 0.6 is 0 Å². The Labute approximate surface area is 169 Å². The number of nitrogens with zero attached hydrogens (tertiary/aromatic N) is 2. The first kappa shape index (κ1) is 24.1. The Hall–Kier alpha value is -1.89. The second kappa shape index (κ2) is 15.1. The number of methoxy groups -OCH3 is 1. The van der Waals surface area contributed by atoms with Gasteiger partial charge >= 0.3 is 0 Å². The van der Waals surface area contributed by atoms with Gasteiger partial charge in [0.1, 0.15) is 5.76 Å². The summed E-state index contributed by atoms with van der Waals surface area (Å²) < 4.78 is 10.0. The molecule has 0 spiro atoms. The lowest BCUT2D eigenvalue weighted by molar-refractivity contribution is -0.135. The summed E-state index contributed by atoms with van der Waals surface area (Å²) in [6, 6.07) is 1.64. The van der Waals surface area contributed by atoms with E-state index in [4.69, 9.17) is 9.26 Å². The predicted molar refractivity (Wildman–Crippen MR) is 110 cm³/mol. The smallest absolute Gasteiger partial charge is 0.245 e. The van der Waals surface area contributed by atoms with Crippen molar-refractivity contribution >= 4 is 17.6 Å². The molecule has 7 nitrogen and oxygen atoms in total. The molecule has 1 N–H and O–H groups in total. The molecule has 0 aliphatic rings. The standard InChI is InChI=1S/C21H37N3O4/c1-4-5-6-7-8-9-10-11-12-13-21(26)24(14-15-27-3)17-20(25)22-19-16-18(2)28-23-19/h16H,4-15,17H2,1-3H3,(H,22,23,25). The number of nitrogens with one attached hydrogen (secondary N) is 1. The van der Waals surface area contributed by atoms with Crippen molar-refractivity contribution in [2.45, 2.75) is 78.1 Å². The Balaban J connectivity index is 2.27. The fourth-order valence-corrected chi connectivity index (χ4v) is 3.02. The van der Waals surface area contributed by atoms with Crippen molar-refractivity contribution in [3.63, 3.8) is 0 Å².